The maximum atomic E-state index is 14.1. The Kier molecular flexibility index (Phi) is 8.43. The van der Waals surface area contributed by atoms with Crippen LogP contribution in [0.5, 0.6) is 5.75 Å². The van der Waals surface area contributed by atoms with Gasteiger partial charge < -0.3 is 15.1 Å². The summed E-state index contributed by atoms with van der Waals surface area (Å²) in [6.45, 7) is -0.214. The highest BCUT2D eigenvalue weighted by atomic mass is 32.2. The van der Waals surface area contributed by atoms with Crippen LogP contribution in [0.25, 0.3) is 0 Å². The van der Waals surface area contributed by atoms with Crippen LogP contribution >= 0.6 is 0 Å². The lowest BCUT2D eigenvalue weighted by Crippen LogP contribution is -2.59. The molecule has 3 aromatic rings. The molecule has 0 radical (unpaired) electrons. The predicted molar refractivity (Wildman–Crippen MR) is 150 cm³/mol. The van der Waals surface area contributed by atoms with Gasteiger partial charge >= 0.3 is 5.97 Å². The van der Waals surface area contributed by atoms with Crippen molar-refractivity contribution in [2.75, 3.05) is 11.4 Å². The molecule has 1 saturated heterocycles. The number of pyridine rings is 1. The van der Waals surface area contributed by atoms with Crippen LogP contribution in [0.2, 0.25) is 0 Å². The molecule has 2 aliphatic rings. The Morgan fingerprint density at radius 2 is 1.81 bits per heavy atom. The molecule has 13 heteroatoms. The standard InChI is InChI=1S/C30H28F2N4O6S/c31-25-14-23(12-20(15-33)28(25)32)43(41,42)36-11-10-26(36)29(38)35(22-8-9-24(30(39)40)27(37)13-22)17-21-7-6-19(16-34-21)18-4-2-1-3-5-18/h6-9,12-14,16,18,26,37H,1-5,10-11,17H2,(H,39,40)/t26-/m1/s1. The third kappa shape index (κ3) is 5.93. The first-order valence-corrected chi connectivity index (χ1v) is 15.2. The number of benzene rings is 2. The molecule has 0 spiro atoms. The molecule has 0 bridgehead atoms. The lowest BCUT2D eigenvalue weighted by atomic mass is 9.85. The van der Waals surface area contributed by atoms with Gasteiger partial charge in [0.05, 0.1) is 22.7 Å². The van der Waals surface area contributed by atoms with Gasteiger partial charge in [-0.15, -0.1) is 0 Å². The van der Waals surface area contributed by atoms with E-state index >= 15 is 0 Å². The van der Waals surface area contributed by atoms with Crippen molar-refractivity contribution in [3.8, 4) is 11.8 Å². The van der Waals surface area contributed by atoms with Crippen LogP contribution in [0.15, 0.2) is 53.6 Å². The van der Waals surface area contributed by atoms with E-state index in [1.54, 1.807) is 12.3 Å². The molecule has 1 aliphatic carbocycles. The molecule has 2 heterocycles. The van der Waals surface area contributed by atoms with Crippen LogP contribution in [-0.2, 0) is 21.4 Å². The Bertz CT molecular complexity index is 1720. The summed E-state index contributed by atoms with van der Waals surface area (Å²) in [5.74, 6) is -5.25. The zero-order valence-electron chi connectivity index (χ0n) is 22.9. The zero-order valence-corrected chi connectivity index (χ0v) is 23.7. The molecular weight excluding hydrogens is 582 g/mol. The summed E-state index contributed by atoms with van der Waals surface area (Å²) in [6, 6.07) is 8.63. The second-order valence-electron chi connectivity index (χ2n) is 10.6. The minimum Gasteiger partial charge on any atom is -0.507 e. The fourth-order valence-electron chi connectivity index (χ4n) is 5.54. The first kappa shape index (κ1) is 30.1. The fourth-order valence-corrected chi connectivity index (χ4v) is 7.21. The van der Waals surface area contributed by atoms with Gasteiger partial charge in [-0.1, -0.05) is 25.3 Å². The van der Waals surface area contributed by atoms with Gasteiger partial charge in [0.15, 0.2) is 11.6 Å². The molecule has 224 valence electrons. The third-order valence-electron chi connectivity index (χ3n) is 8.02. The number of anilines is 1. The van der Waals surface area contributed by atoms with E-state index in [2.05, 4.69) is 4.98 Å². The molecule has 2 N–H and O–H groups in total. The summed E-state index contributed by atoms with van der Waals surface area (Å²) in [5, 5.41) is 28.8. The summed E-state index contributed by atoms with van der Waals surface area (Å²) < 4.78 is 55.6. The van der Waals surface area contributed by atoms with Crippen LogP contribution in [0, 0.1) is 23.0 Å². The first-order chi connectivity index (χ1) is 20.5. The number of aromatic nitrogens is 1. The van der Waals surface area contributed by atoms with E-state index in [0.717, 1.165) is 47.7 Å². The molecule has 1 aromatic heterocycles. The van der Waals surface area contributed by atoms with Gasteiger partial charge in [0.1, 0.15) is 23.4 Å². The van der Waals surface area contributed by atoms with Gasteiger partial charge in [-0.2, -0.15) is 9.57 Å². The molecule has 0 unspecified atom stereocenters. The molecule has 1 atom stereocenters. The molecular formula is C30H28F2N4O6S. The number of hydrogen-bond acceptors (Lipinski definition) is 7. The van der Waals surface area contributed by atoms with Gasteiger partial charge in [0, 0.05) is 24.5 Å². The summed E-state index contributed by atoms with van der Waals surface area (Å²) in [7, 11) is -4.52. The van der Waals surface area contributed by atoms with Crippen LogP contribution < -0.4 is 4.90 Å². The van der Waals surface area contributed by atoms with Gasteiger partial charge in [0.25, 0.3) is 0 Å². The summed E-state index contributed by atoms with van der Waals surface area (Å²) >= 11 is 0. The number of hydrogen-bond donors (Lipinski definition) is 2. The lowest BCUT2D eigenvalue weighted by molar-refractivity contribution is -0.125. The van der Waals surface area contributed by atoms with Crippen molar-refractivity contribution in [3.05, 3.63) is 82.7 Å². The number of carboxylic acid groups (broad SMARTS) is 1. The highest BCUT2D eigenvalue weighted by Gasteiger charge is 2.45. The van der Waals surface area contributed by atoms with Crippen LogP contribution in [0.3, 0.4) is 0 Å². The Labute approximate surface area is 246 Å². The number of carbonyl (C=O) groups excluding carboxylic acids is 1. The topological polar surface area (TPSA) is 152 Å². The summed E-state index contributed by atoms with van der Waals surface area (Å²) in [6.07, 6.45) is 7.50. The number of aromatic carboxylic acids is 1. The number of amides is 1. The van der Waals surface area contributed by atoms with Crippen molar-refractivity contribution < 1.29 is 37.0 Å². The smallest absolute Gasteiger partial charge is 0.339 e. The molecule has 5 rings (SSSR count). The highest BCUT2D eigenvalue weighted by Crippen LogP contribution is 2.34. The fraction of sp³-hybridized carbons (Fsp3) is 0.333. The summed E-state index contributed by atoms with van der Waals surface area (Å²) in [4.78, 5) is 30.4. The van der Waals surface area contributed by atoms with Crippen molar-refractivity contribution in [3.63, 3.8) is 0 Å². The Morgan fingerprint density at radius 3 is 2.40 bits per heavy atom. The summed E-state index contributed by atoms with van der Waals surface area (Å²) in [5.41, 5.74) is 0.493. The number of carbonyl (C=O) groups is 2. The maximum Gasteiger partial charge on any atom is 0.339 e. The minimum absolute atomic E-state index is 0.0923. The van der Waals surface area contributed by atoms with Gasteiger partial charge in [-0.25, -0.2) is 22.0 Å². The monoisotopic (exact) mass is 610 g/mol. The van der Waals surface area contributed by atoms with Crippen molar-refractivity contribution in [2.45, 2.75) is 61.9 Å². The van der Waals surface area contributed by atoms with Gasteiger partial charge in [-0.3, -0.25) is 9.78 Å². The largest absolute Gasteiger partial charge is 0.507 e. The van der Waals surface area contributed by atoms with Crippen LogP contribution in [-0.4, -0.2) is 52.4 Å². The lowest BCUT2D eigenvalue weighted by Gasteiger charge is -2.41. The molecule has 43 heavy (non-hydrogen) atoms. The van der Waals surface area contributed by atoms with Crippen molar-refractivity contribution in [2.24, 2.45) is 0 Å². The number of aromatic hydroxyl groups is 1. The predicted octanol–water partition coefficient (Wildman–Crippen LogP) is 4.68. The van der Waals surface area contributed by atoms with Crippen molar-refractivity contribution >= 4 is 27.6 Å². The number of halogens is 2. The van der Waals surface area contributed by atoms with E-state index in [1.165, 1.54) is 23.5 Å². The van der Waals surface area contributed by atoms with E-state index in [4.69, 9.17) is 5.26 Å². The second-order valence-corrected chi connectivity index (χ2v) is 12.5. The van der Waals surface area contributed by atoms with Crippen LogP contribution in [0.4, 0.5) is 14.5 Å². The normalized spacial score (nSPS) is 17.6. The Hall–Kier alpha value is -4.41. The van der Waals surface area contributed by atoms with Crippen molar-refractivity contribution in [1.29, 1.82) is 5.26 Å². The number of nitrogens with zero attached hydrogens (tertiary/aromatic N) is 4. The number of carboxylic acids is 1. The number of nitriles is 1. The SMILES string of the molecule is N#Cc1cc(S(=O)(=O)N2CC[C@@H]2C(=O)N(Cc2ccc(C3CCCCC3)cn2)c2ccc(C(=O)O)c(O)c2)cc(F)c1F. The highest BCUT2D eigenvalue weighted by molar-refractivity contribution is 7.89. The number of rotatable bonds is 8. The third-order valence-corrected chi connectivity index (χ3v) is 9.90. The minimum atomic E-state index is -4.52. The first-order valence-electron chi connectivity index (χ1n) is 13.7. The average Bonchev–Trinajstić information content (AvgIpc) is 2.96. The molecule has 2 aromatic carbocycles. The van der Waals surface area contributed by atoms with E-state index in [1.807, 2.05) is 6.07 Å². The van der Waals surface area contributed by atoms with Crippen molar-refractivity contribution in [1.82, 2.24) is 9.29 Å². The average molecular weight is 611 g/mol. The molecule has 1 amide bonds. The van der Waals surface area contributed by atoms with Gasteiger partial charge in [-0.05, 0) is 61.1 Å². The zero-order chi connectivity index (χ0) is 30.9. The van der Waals surface area contributed by atoms with E-state index < -0.39 is 55.8 Å². The maximum absolute atomic E-state index is 14.1. The van der Waals surface area contributed by atoms with E-state index in [-0.39, 0.29) is 30.8 Å². The number of sulfonamides is 1. The Morgan fingerprint density at radius 1 is 1.07 bits per heavy atom. The van der Waals surface area contributed by atoms with E-state index in [0.29, 0.717) is 23.7 Å². The van der Waals surface area contributed by atoms with Crippen LogP contribution in [0.1, 0.15) is 71.6 Å². The number of phenols is 1. The Balaban J connectivity index is 1.46. The quantitative estimate of drug-likeness (QED) is 0.373. The second kappa shape index (κ2) is 12.1. The molecule has 1 saturated carbocycles. The van der Waals surface area contributed by atoms with E-state index in [9.17, 15) is 37.0 Å². The van der Waals surface area contributed by atoms with Gasteiger partial charge in [0.2, 0.25) is 15.9 Å². The molecule has 1 aliphatic heterocycles. The molecule has 2 fully saturated rings. The molecule has 10 nitrogen and oxygen atoms in total.